The second kappa shape index (κ2) is 9.26. The number of nitrogens with one attached hydrogen (secondary N) is 1. The van der Waals surface area contributed by atoms with E-state index < -0.39 is 6.04 Å². The number of fused-ring (bicyclic) bond motifs is 1. The summed E-state index contributed by atoms with van der Waals surface area (Å²) in [5, 5.41) is 5.09. The number of hydrogen-bond acceptors (Lipinski definition) is 7. The van der Waals surface area contributed by atoms with Gasteiger partial charge in [0.2, 0.25) is 17.7 Å². The van der Waals surface area contributed by atoms with Crippen LogP contribution in [0.25, 0.3) is 11.4 Å². The lowest BCUT2D eigenvalue weighted by molar-refractivity contribution is -0.146. The van der Waals surface area contributed by atoms with E-state index in [4.69, 9.17) is 0 Å². The number of thioether (sulfide) groups is 1. The molecule has 1 N–H and O–H groups in total. The minimum atomic E-state index is -0.801. The molecule has 1 saturated carbocycles. The zero-order valence-electron chi connectivity index (χ0n) is 16.7. The standard InChI is InChI=1S/C21H24N4O3S2/c1-29-11-9-17(25-19(27)13-6-2-3-7-14(13)20(25)28)18(26)24-21-23-16(12-30-21)15-8-4-5-10-22-15/h4-5,8,10,12-14,17H,2-3,6-7,9,11H2,1H3,(H,23,24,26). The van der Waals surface area contributed by atoms with Gasteiger partial charge in [0.25, 0.3) is 0 Å². The molecule has 3 unspecified atom stereocenters. The van der Waals surface area contributed by atoms with Crippen molar-refractivity contribution in [2.24, 2.45) is 11.8 Å². The molecular weight excluding hydrogens is 420 g/mol. The molecule has 2 aromatic heterocycles. The zero-order chi connectivity index (χ0) is 21.1. The van der Waals surface area contributed by atoms with E-state index in [0.717, 1.165) is 31.4 Å². The quantitative estimate of drug-likeness (QED) is 0.658. The van der Waals surface area contributed by atoms with E-state index in [1.807, 2.05) is 29.8 Å². The smallest absolute Gasteiger partial charge is 0.249 e. The minimum Gasteiger partial charge on any atom is -0.300 e. The lowest BCUT2D eigenvalue weighted by atomic mass is 9.81. The number of carbonyl (C=O) groups is 3. The lowest BCUT2D eigenvalue weighted by Crippen LogP contribution is -2.48. The van der Waals surface area contributed by atoms with Crippen molar-refractivity contribution in [3.05, 3.63) is 29.8 Å². The van der Waals surface area contributed by atoms with Crippen molar-refractivity contribution >= 4 is 46.0 Å². The molecule has 1 saturated heterocycles. The van der Waals surface area contributed by atoms with Crippen LogP contribution in [0.2, 0.25) is 0 Å². The highest BCUT2D eigenvalue weighted by molar-refractivity contribution is 7.98. The first-order chi connectivity index (χ1) is 14.6. The molecule has 7 nitrogen and oxygen atoms in total. The summed E-state index contributed by atoms with van der Waals surface area (Å²) < 4.78 is 0. The van der Waals surface area contributed by atoms with Crippen molar-refractivity contribution in [1.29, 1.82) is 0 Å². The Bertz CT molecular complexity index is 909. The number of nitrogens with zero attached hydrogens (tertiary/aromatic N) is 3. The van der Waals surface area contributed by atoms with Gasteiger partial charge in [-0.3, -0.25) is 24.3 Å². The Labute approximate surface area is 183 Å². The van der Waals surface area contributed by atoms with Crippen LogP contribution in [-0.4, -0.2) is 50.6 Å². The molecule has 0 aromatic carbocycles. The number of pyridine rings is 1. The Hall–Kier alpha value is -2.26. The molecule has 4 rings (SSSR count). The number of likely N-dealkylation sites (tertiary alicyclic amines) is 1. The molecule has 2 fully saturated rings. The van der Waals surface area contributed by atoms with Gasteiger partial charge in [-0.1, -0.05) is 18.9 Å². The molecule has 0 bridgehead atoms. The topological polar surface area (TPSA) is 92.3 Å². The Morgan fingerprint density at radius 3 is 2.60 bits per heavy atom. The number of thiazole rings is 1. The summed E-state index contributed by atoms with van der Waals surface area (Å²) in [7, 11) is 0. The number of hydrogen-bond donors (Lipinski definition) is 1. The van der Waals surface area contributed by atoms with E-state index in [1.165, 1.54) is 16.2 Å². The molecule has 3 heterocycles. The highest BCUT2D eigenvalue weighted by Gasteiger charge is 2.51. The fourth-order valence-electron chi connectivity index (χ4n) is 4.25. The Balaban J connectivity index is 1.52. The van der Waals surface area contributed by atoms with E-state index >= 15 is 0 Å². The van der Waals surface area contributed by atoms with Crippen molar-refractivity contribution in [2.45, 2.75) is 38.1 Å². The van der Waals surface area contributed by atoms with E-state index in [9.17, 15) is 14.4 Å². The van der Waals surface area contributed by atoms with Gasteiger partial charge in [0, 0.05) is 11.6 Å². The van der Waals surface area contributed by atoms with Gasteiger partial charge in [-0.15, -0.1) is 11.3 Å². The molecule has 158 valence electrons. The van der Waals surface area contributed by atoms with Crippen LogP contribution in [0.3, 0.4) is 0 Å². The van der Waals surface area contributed by atoms with E-state index in [2.05, 4.69) is 15.3 Å². The average molecular weight is 445 g/mol. The van der Waals surface area contributed by atoms with Crippen LogP contribution in [0.1, 0.15) is 32.1 Å². The monoisotopic (exact) mass is 444 g/mol. The average Bonchev–Trinajstić information content (AvgIpc) is 3.33. The van der Waals surface area contributed by atoms with Gasteiger partial charge in [-0.25, -0.2) is 4.98 Å². The van der Waals surface area contributed by atoms with Crippen molar-refractivity contribution < 1.29 is 14.4 Å². The van der Waals surface area contributed by atoms with Crippen LogP contribution in [0, 0.1) is 11.8 Å². The molecule has 3 atom stereocenters. The first-order valence-corrected chi connectivity index (χ1v) is 12.4. The second-order valence-electron chi connectivity index (χ2n) is 7.58. The number of carbonyl (C=O) groups excluding carboxylic acids is 3. The van der Waals surface area contributed by atoms with Crippen LogP contribution in [0.15, 0.2) is 29.8 Å². The summed E-state index contributed by atoms with van der Waals surface area (Å²) in [6, 6.07) is 4.76. The maximum Gasteiger partial charge on any atom is 0.249 e. The van der Waals surface area contributed by atoms with E-state index in [0.29, 0.717) is 23.0 Å². The first-order valence-electron chi connectivity index (χ1n) is 10.1. The molecule has 1 aliphatic heterocycles. The van der Waals surface area contributed by atoms with Crippen molar-refractivity contribution in [2.75, 3.05) is 17.3 Å². The third-order valence-electron chi connectivity index (χ3n) is 5.75. The Morgan fingerprint density at radius 2 is 1.97 bits per heavy atom. The van der Waals surface area contributed by atoms with Crippen LogP contribution in [0.5, 0.6) is 0 Å². The van der Waals surface area contributed by atoms with Crippen LogP contribution in [0.4, 0.5) is 5.13 Å². The van der Waals surface area contributed by atoms with Gasteiger partial charge in [-0.05, 0) is 43.4 Å². The summed E-state index contributed by atoms with van der Waals surface area (Å²) in [6.07, 6.45) is 7.47. The van der Waals surface area contributed by atoms with Gasteiger partial charge in [0.05, 0.1) is 17.5 Å². The fourth-order valence-corrected chi connectivity index (χ4v) is 5.42. The Kier molecular flexibility index (Phi) is 6.48. The SMILES string of the molecule is CSCCC(C(=O)Nc1nc(-c2ccccn2)cs1)N1C(=O)C2CCCCC2C1=O. The molecule has 0 spiro atoms. The molecule has 2 aromatic rings. The van der Waals surface area contributed by atoms with Crippen molar-refractivity contribution in [3.63, 3.8) is 0 Å². The van der Waals surface area contributed by atoms with Crippen LogP contribution in [-0.2, 0) is 14.4 Å². The van der Waals surface area contributed by atoms with E-state index in [-0.39, 0.29) is 29.6 Å². The Morgan fingerprint density at radius 1 is 1.23 bits per heavy atom. The predicted molar refractivity (Wildman–Crippen MR) is 118 cm³/mol. The van der Waals surface area contributed by atoms with Crippen molar-refractivity contribution in [3.8, 4) is 11.4 Å². The number of aromatic nitrogens is 2. The molecule has 3 amide bonds. The van der Waals surface area contributed by atoms with Crippen molar-refractivity contribution in [1.82, 2.24) is 14.9 Å². The van der Waals surface area contributed by atoms with E-state index in [1.54, 1.807) is 18.0 Å². The third kappa shape index (κ3) is 4.13. The summed E-state index contributed by atoms with van der Waals surface area (Å²) >= 11 is 2.89. The summed E-state index contributed by atoms with van der Waals surface area (Å²) in [5.41, 5.74) is 1.40. The largest absolute Gasteiger partial charge is 0.300 e. The van der Waals surface area contributed by atoms with Gasteiger partial charge < -0.3 is 5.32 Å². The maximum atomic E-state index is 13.1. The predicted octanol–water partition coefficient (Wildman–Crippen LogP) is 3.44. The van der Waals surface area contributed by atoms with Gasteiger partial charge in [-0.2, -0.15) is 11.8 Å². The first kappa shape index (κ1) is 21.0. The summed E-state index contributed by atoms with van der Waals surface area (Å²) in [6.45, 7) is 0. The maximum absolute atomic E-state index is 13.1. The lowest BCUT2D eigenvalue weighted by Gasteiger charge is -2.25. The van der Waals surface area contributed by atoms with Gasteiger partial charge in [0.15, 0.2) is 5.13 Å². The second-order valence-corrected chi connectivity index (χ2v) is 9.43. The number of imide groups is 1. The molecule has 30 heavy (non-hydrogen) atoms. The fraction of sp³-hybridized carbons (Fsp3) is 0.476. The molecule has 9 heteroatoms. The number of anilines is 1. The number of amides is 3. The zero-order valence-corrected chi connectivity index (χ0v) is 18.4. The summed E-state index contributed by atoms with van der Waals surface area (Å²) in [5.74, 6) is -0.551. The minimum absolute atomic E-state index is 0.181. The van der Waals surface area contributed by atoms with Crippen LogP contribution < -0.4 is 5.32 Å². The molecule has 0 radical (unpaired) electrons. The van der Waals surface area contributed by atoms with Gasteiger partial charge >= 0.3 is 0 Å². The molecule has 2 aliphatic rings. The highest BCUT2D eigenvalue weighted by atomic mass is 32.2. The third-order valence-corrected chi connectivity index (χ3v) is 7.15. The van der Waals surface area contributed by atoms with Gasteiger partial charge in [0.1, 0.15) is 11.7 Å². The highest BCUT2D eigenvalue weighted by Crippen LogP contribution is 2.39. The normalized spacial score (nSPS) is 22.1. The van der Waals surface area contributed by atoms with Crippen LogP contribution >= 0.6 is 23.1 Å². The summed E-state index contributed by atoms with van der Waals surface area (Å²) in [4.78, 5) is 49.1. The molecular formula is C21H24N4O3S2. The molecule has 1 aliphatic carbocycles. The number of rotatable bonds is 7.